The molecule has 114 valence electrons. The van der Waals surface area contributed by atoms with Crippen molar-refractivity contribution in [1.82, 2.24) is 10.2 Å². The highest BCUT2D eigenvalue weighted by molar-refractivity contribution is 5.21. The van der Waals surface area contributed by atoms with E-state index in [1.54, 1.807) is 0 Å². The monoisotopic (exact) mass is 278 g/mol. The first kappa shape index (κ1) is 15.6. The molecule has 1 unspecified atom stereocenters. The van der Waals surface area contributed by atoms with Crippen LogP contribution >= 0.6 is 0 Å². The molecule has 0 saturated carbocycles. The summed E-state index contributed by atoms with van der Waals surface area (Å²) in [5.41, 5.74) is 1.49. The first-order chi connectivity index (χ1) is 9.39. The van der Waals surface area contributed by atoms with E-state index in [2.05, 4.69) is 50.9 Å². The number of likely N-dealkylation sites (tertiary alicyclic amines) is 1. The lowest BCUT2D eigenvalue weighted by Crippen LogP contribution is -2.34. The first-order valence-corrected chi connectivity index (χ1v) is 7.96. The summed E-state index contributed by atoms with van der Waals surface area (Å²) in [6.45, 7) is 14.0. The Morgan fingerprint density at radius 2 is 2.15 bits per heavy atom. The van der Waals surface area contributed by atoms with Gasteiger partial charge in [-0.15, -0.1) is 0 Å². The summed E-state index contributed by atoms with van der Waals surface area (Å²) in [4.78, 5) is 2.61. The van der Waals surface area contributed by atoms with Gasteiger partial charge in [-0.25, -0.2) is 0 Å². The molecule has 1 aromatic heterocycles. The van der Waals surface area contributed by atoms with Crippen LogP contribution in [-0.4, -0.2) is 23.0 Å². The van der Waals surface area contributed by atoms with Crippen LogP contribution in [0, 0.1) is 6.92 Å². The first-order valence-electron chi connectivity index (χ1n) is 7.96. The highest BCUT2D eigenvalue weighted by atomic mass is 16.3. The average molecular weight is 278 g/mol. The maximum Gasteiger partial charge on any atom is 0.118 e. The number of nitrogens with one attached hydrogen (secondary N) is 1. The Morgan fingerprint density at radius 1 is 1.40 bits per heavy atom. The van der Waals surface area contributed by atoms with Crippen molar-refractivity contribution >= 4 is 0 Å². The maximum atomic E-state index is 5.90. The van der Waals surface area contributed by atoms with Gasteiger partial charge in [0.1, 0.15) is 11.5 Å². The number of rotatable bonds is 5. The molecule has 2 heterocycles. The Morgan fingerprint density at radius 3 is 2.80 bits per heavy atom. The van der Waals surface area contributed by atoms with Crippen LogP contribution in [0.3, 0.4) is 0 Å². The Balaban J connectivity index is 1.97. The molecular weight excluding hydrogens is 248 g/mol. The Bertz CT molecular complexity index is 431. The highest BCUT2D eigenvalue weighted by Crippen LogP contribution is 2.25. The molecule has 0 amide bonds. The SMILES string of the molecule is CCC1CCCN1Cc1cc(CNC(C)(C)C)oc1C. The van der Waals surface area contributed by atoms with Crippen molar-refractivity contribution in [2.75, 3.05) is 6.54 Å². The summed E-state index contributed by atoms with van der Waals surface area (Å²) in [5, 5.41) is 3.48. The van der Waals surface area contributed by atoms with Crippen molar-refractivity contribution < 1.29 is 4.42 Å². The summed E-state index contributed by atoms with van der Waals surface area (Å²) in [6, 6.07) is 3.00. The summed E-state index contributed by atoms with van der Waals surface area (Å²) in [6.07, 6.45) is 3.95. The molecular formula is C17H30N2O. The van der Waals surface area contributed by atoms with E-state index < -0.39 is 0 Å². The topological polar surface area (TPSA) is 28.4 Å². The van der Waals surface area contributed by atoms with Gasteiger partial charge in [-0.1, -0.05) is 6.92 Å². The molecule has 0 bridgehead atoms. The normalized spacial score (nSPS) is 20.8. The van der Waals surface area contributed by atoms with Crippen molar-refractivity contribution in [1.29, 1.82) is 0 Å². The molecule has 20 heavy (non-hydrogen) atoms. The van der Waals surface area contributed by atoms with Gasteiger partial charge in [0.2, 0.25) is 0 Å². The second-order valence-corrected chi connectivity index (χ2v) is 7.07. The molecule has 0 spiro atoms. The Labute approximate surface area is 123 Å². The second-order valence-electron chi connectivity index (χ2n) is 7.07. The molecule has 2 rings (SSSR count). The fraction of sp³-hybridized carbons (Fsp3) is 0.765. The number of aryl methyl sites for hydroxylation is 1. The van der Waals surface area contributed by atoms with Crippen molar-refractivity contribution in [3.8, 4) is 0 Å². The Kier molecular flexibility index (Phi) is 4.92. The molecule has 1 atom stereocenters. The third kappa shape index (κ3) is 4.10. The van der Waals surface area contributed by atoms with E-state index in [1.165, 1.54) is 31.4 Å². The number of nitrogens with zero attached hydrogens (tertiary/aromatic N) is 1. The summed E-state index contributed by atoms with van der Waals surface area (Å²) in [5.74, 6) is 2.14. The third-order valence-corrected chi connectivity index (χ3v) is 4.21. The van der Waals surface area contributed by atoms with Gasteiger partial charge in [0, 0.05) is 23.7 Å². The van der Waals surface area contributed by atoms with Crippen LogP contribution in [0.15, 0.2) is 10.5 Å². The lowest BCUT2D eigenvalue weighted by atomic mass is 10.1. The van der Waals surface area contributed by atoms with E-state index in [-0.39, 0.29) is 5.54 Å². The third-order valence-electron chi connectivity index (χ3n) is 4.21. The van der Waals surface area contributed by atoms with Crippen molar-refractivity contribution in [2.45, 2.75) is 78.6 Å². The summed E-state index contributed by atoms with van der Waals surface area (Å²) >= 11 is 0. The fourth-order valence-corrected chi connectivity index (χ4v) is 2.97. The van der Waals surface area contributed by atoms with Crippen LogP contribution in [-0.2, 0) is 13.1 Å². The number of hydrogen-bond donors (Lipinski definition) is 1. The molecule has 0 aliphatic carbocycles. The molecule has 1 fully saturated rings. The predicted octanol–water partition coefficient (Wildman–Crippen LogP) is 3.85. The van der Waals surface area contributed by atoms with Crippen LogP contribution in [0.1, 0.15) is 64.0 Å². The lowest BCUT2D eigenvalue weighted by Gasteiger charge is -2.22. The zero-order chi connectivity index (χ0) is 14.8. The summed E-state index contributed by atoms with van der Waals surface area (Å²) in [7, 11) is 0. The van der Waals surface area contributed by atoms with Crippen LogP contribution in [0.2, 0.25) is 0 Å². The molecule has 1 aliphatic rings. The van der Waals surface area contributed by atoms with E-state index in [0.717, 1.165) is 30.7 Å². The molecule has 1 saturated heterocycles. The predicted molar refractivity (Wildman–Crippen MR) is 83.8 cm³/mol. The minimum absolute atomic E-state index is 0.128. The van der Waals surface area contributed by atoms with Gasteiger partial charge in [0.25, 0.3) is 0 Å². The van der Waals surface area contributed by atoms with Gasteiger partial charge in [-0.05, 0) is 59.6 Å². The van der Waals surface area contributed by atoms with E-state index in [9.17, 15) is 0 Å². The minimum atomic E-state index is 0.128. The van der Waals surface area contributed by atoms with E-state index in [1.807, 2.05) is 0 Å². The van der Waals surface area contributed by atoms with Crippen LogP contribution < -0.4 is 5.32 Å². The van der Waals surface area contributed by atoms with E-state index in [4.69, 9.17) is 4.42 Å². The van der Waals surface area contributed by atoms with Crippen LogP contribution in [0.5, 0.6) is 0 Å². The maximum absolute atomic E-state index is 5.90. The van der Waals surface area contributed by atoms with Gasteiger partial charge in [0.05, 0.1) is 6.54 Å². The lowest BCUT2D eigenvalue weighted by molar-refractivity contribution is 0.238. The van der Waals surface area contributed by atoms with Gasteiger partial charge < -0.3 is 9.73 Å². The minimum Gasteiger partial charge on any atom is -0.465 e. The number of hydrogen-bond acceptors (Lipinski definition) is 3. The summed E-state index contributed by atoms with van der Waals surface area (Å²) < 4.78 is 5.90. The number of furan rings is 1. The standard InChI is InChI=1S/C17H30N2O/c1-6-15-8-7-9-19(15)12-14-10-16(20-13(14)2)11-18-17(3,4)5/h10,15,18H,6-9,11-12H2,1-5H3. The highest BCUT2D eigenvalue weighted by Gasteiger charge is 2.24. The van der Waals surface area contributed by atoms with E-state index in [0.29, 0.717) is 0 Å². The van der Waals surface area contributed by atoms with Gasteiger partial charge in [-0.3, -0.25) is 4.90 Å². The molecule has 0 radical (unpaired) electrons. The van der Waals surface area contributed by atoms with E-state index >= 15 is 0 Å². The largest absolute Gasteiger partial charge is 0.465 e. The molecule has 1 aromatic rings. The quantitative estimate of drug-likeness (QED) is 0.887. The van der Waals surface area contributed by atoms with Crippen LogP contribution in [0.4, 0.5) is 0 Å². The fourth-order valence-electron chi connectivity index (χ4n) is 2.97. The smallest absolute Gasteiger partial charge is 0.118 e. The Hall–Kier alpha value is -0.800. The van der Waals surface area contributed by atoms with Gasteiger partial charge >= 0.3 is 0 Å². The molecule has 3 nitrogen and oxygen atoms in total. The van der Waals surface area contributed by atoms with Gasteiger partial charge in [-0.2, -0.15) is 0 Å². The van der Waals surface area contributed by atoms with Crippen molar-refractivity contribution in [3.05, 3.63) is 23.2 Å². The van der Waals surface area contributed by atoms with Crippen molar-refractivity contribution in [3.63, 3.8) is 0 Å². The zero-order valence-electron chi connectivity index (χ0n) is 13.8. The molecule has 0 aromatic carbocycles. The molecule has 3 heteroatoms. The average Bonchev–Trinajstić information content (AvgIpc) is 2.94. The molecule has 1 aliphatic heterocycles. The van der Waals surface area contributed by atoms with Gasteiger partial charge in [0.15, 0.2) is 0 Å². The zero-order valence-corrected chi connectivity index (χ0v) is 13.8. The van der Waals surface area contributed by atoms with Crippen molar-refractivity contribution in [2.24, 2.45) is 0 Å². The second kappa shape index (κ2) is 6.31. The molecule has 1 N–H and O–H groups in total. The van der Waals surface area contributed by atoms with Crippen LogP contribution in [0.25, 0.3) is 0 Å².